The Hall–Kier alpha value is -2.25. The van der Waals surface area contributed by atoms with Crippen LogP contribution in [0.5, 0.6) is 0 Å². The van der Waals surface area contributed by atoms with Crippen molar-refractivity contribution in [2.45, 2.75) is 4.90 Å². The van der Waals surface area contributed by atoms with E-state index in [0.29, 0.717) is 10.6 Å². The SMILES string of the molecule is CSc1ccc(/C=N\n2c(-c3cccnc3)n[nH]c2=S)cc1. The average molecular weight is 327 g/mol. The highest BCUT2D eigenvalue weighted by Crippen LogP contribution is 2.16. The molecular formula is C15H13N5S2. The number of hydrogen-bond acceptors (Lipinski definition) is 5. The van der Waals surface area contributed by atoms with Crippen molar-refractivity contribution in [2.24, 2.45) is 5.10 Å². The van der Waals surface area contributed by atoms with E-state index < -0.39 is 0 Å². The third kappa shape index (κ3) is 3.15. The average Bonchev–Trinajstić information content (AvgIpc) is 2.95. The molecule has 0 aliphatic rings. The van der Waals surface area contributed by atoms with Crippen molar-refractivity contribution in [1.82, 2.24) is 19.9 Å². The molecule has 110 valence electrons. The maximum Gasteiger partial charge on any atom is 0.216 e. The molecule has 0 spiro atoms. The molecule has 0 unspecified atom stereocenters. The maximum atomic E-state index is 5.24. The summed E-state index contributed by atoms with van der Waals surface area (Å²) in [7, 11) is 0. The van der Waals surface area contributed by atoms with Crippen LogP contribution in [0.2, 0.25) is 0 Å². The fourth-order valence-corrected chi connectivity index (χ4v) is 2.48. The summed E-state index contributed by atoms with van der Waals surface area (Å²) < 4.78 is 2.03. The minimum Gasteiger partial charge on any atom is -0.264 e. The highest BCUT2D eigenvalue weighted by molar-refractivity contribution is 7.98. The van der Waals surface area contributed by atoms with E-state index in [1.807, 2.05) is 30.5 Å². The van der Waals surface area contributed by atoms with E-state index in [4.69, 9.17) is 12.2 Å². The van der Waals surface area contributed by atoms with E-state index in [1.54, 1.807) is 35.0 Å². The first-order valence-electron chi connectivity index (χ1n) is 6.54. The summed E-state index contributed by atoms with van der Waals surface area (Å²) in [6.07, 6.45) is 7.25. The number of pyridine rings is 1. The lowest BCUT2D eigenvalue weighted by Gasteiger charge is -2.00. The molecule has 1 aromatic carbocycles. The van der Waals surface area contributed by atoms with Crippen LogP contribution in [0.1, 0.15) is 5.56 Å². The summed E-state index contributed by atoms with van der Waals surface area (Å²) in [6.45, 7) is 0. The Kier molecular flexibility index (Phi) is 4.45. The maximum absolute atomic E-state index is 5.24. The van der Waals surface area contributed by atoms with Crippen molar-refractivity contribution in [3.05, 3.63) is 59.1 Å². The molecule has 3 aromatic rings. The molecule has 0 saturated heterocycles. The zero-order chi connectivity index (χ0) is 15.4. The molecule has 22 heavy (non-hydrogen) atoms. The monoisotopic (exact) mass is 327 g/mol. The van der Waals surface area contributed by atoms with Crippen molar-refractivity contribution >= 4 is 30.2 Å². The normalized spacial score (nSPS) is 11.1. The van der Waals surface area contributed by atoms with E-state index in [-0.39, 0.29) is 0 Å². The molecule has 0 fully saturated rings. The van der Waals surface area contributed by atoms with Crippen LogP contribution in [0.3, 0.4) is 0 Å². The van der Waals surface area contributed by atoms with Gasteiger partial charge in [0.1, 0.15) is 0 Å². The zero-order valence-electron chi connectivity index (χ0n) is 11.8. The number of aromatic amines is 1. The molecule has 0 radical (unpaired) electrons. The Bertz CT molecular complexity index is 834. The van der Waals surface area contributed by atoms with Crippen LogP contribution in [0, 0.1) is 4.77 Å². The van der Waals surface area contributed by atoms with Crippen LogP contribution >= 0.6 is 24.0 Å². The van der Waals surface area contributed by atoms with Gasteiger partial charge in [-0.25, -0.2) is 5.10 Å². The van der Waals surface area contributed by atoms with Gasteiger partial charge >= 0.3 is 0 Å². The molecular weight excluding hydrogens is 314 g/mol. The summed E-state index contributed by atoms with van der Waals surface area (Å²) in [5.74, 6) is 0.634. The summed E-state index contributed by atoms with van der Waals surface area (Å²) >= 11 is 6.94. The first-order chi connectivity index (χ1) is 10.8. The van der Waals surface area contributed by atoms with Crippen LogP contribution in [-0.4, -0.2) is 32.3 Å². The van der Waals surface area contributed by atoms with Crippen molar-refractivity contribution in [2.75, 3.05) is 6.26 Å². The molecule has 5 nitrogen and oxygen atoms in total. The molecule has 7 heteroatoms. The van der Waals surface area contributed by atoms with E-state index in [2.05, 4.69) is 32.4 Å². The van der Waals surface area contributed by atoms with E-state index in [9.17, 15) is 0 Å². The van der Waals surface area contributed by atoms with Crippen molar-refractivity contribution < 1.29 is 0 Å². The molecule has 3 rings (SSSR count). The molecule has 0 bridgehead atoms. The lowest BCUT2D eigenvalue weighted by molar-refractivity contribution is 0.871. The molecule has 0 aliphatic carbocycles. The fourth-order valence-electron chi connectivity index (χ4n) is 1.90. The van der Waals surface area contributed by atoms with Crippen molar-refractivity contribution in [3.63, 3.8) is 0 Å². The Labute approximate surface area is 137 Å². The predicted molar refractivity (Wildman–Crippen MR) is 91.9 cm³/mol. The Balaban J connectivity index is 1.93. The number of nitrogens with zero attached hydrogens (tertiary/aromatic N) is 4. The minimum atomic E-state index is 0.441. The summed E-state index contributed by atoms with van der Waals surface area (Å²) in [5, 5.41) is 11.4. The van der Waals surface area contributed by atoms with Gasteiger partial charge in [0, 0.05) is 22.9 Å². The second kappa shape index (κ2) is 6.67. The second-order valence-electron chi connectivity index (χ2n) is 4.42. The highest BCUT2D eigenvalue weighted by atomic mass is 32.2. The topological polar surface area (TPSA) is 58.9 Å². The number of rotatable bonds is 4. The van der Waals surface area contributed by atoms with Crippen LogP contribution in [0.25, 0.3) is 11.4 Å². The van der Waals surface area contributed by atoms with Crippen molar-refractivity contribution in [3.8, 4) is 11.4 Å². The Morgan fingerprint density at radius 1 is 1.27 bits per heavy atom. The Morgan fingerprint density at radius 3 is 2.77 bits per heavy atom. The molecule has 0 atom stereocenters. The molecule has 1 N–H and O–H groups in total. The van der Waals surface area contributed by atoms with Gasteiger partial charge in [-0.2, -0.15) is 14.9 Å². The lowest BCUT2D eigenvalue weighted by atomic mass is 10.2. The third-order valence-electron chi connectivity index (χ3n) is 3.01. The van der Waals surface area contributed by atoms with Gasteiger partial charge in [0.25, 0.3) is 0 Å². The fraction of sp³-hybridized carbons (Fsp3) is 0.0667. The van der Waals surface area contributed by atoms with Crippen LogP contribution in [0.4, 0.5) is 0 Å². The third-order valence-corrected chi connectivity index (χ3v) is 4.02. The largest absolute Gasteiger partial charge is 0.264 e. The van der Waals surface area contributed by atoms with E-state index >= 15 is 0 Å². The molecule has 0 amide bonds. The van der Waals surface area contributed by atoms with Gasteiger partial charge in [0.05, 0.1) is 6.21 Å². The number of hydrogen-bond donors (Lipinski definition) is 1. The van der Waals surface area contributed by atoms with Gasteiger partial charge in [0.2, 0.25) is 4.77 Å². The number of H-pyrrole nitrogens is 1. The second-order valence-corrected chi connectivity index (χ2v) is 5.69. The molecule has 2 heterocycles. The Morgan fingerprint density at radius 2 is 2.09 bits per heavy atom. The van der Waals surface area contributed by atoms with Gasteiger partial charge < -0.3 is 0 Å². The molecule has 2 aromatic heterocycles. The summed E-state index contributed by atoms with van der Waals surface area (Å²) in [4.78, 5) is 5.31. The quantitative estimate of drug-likeness (QED) is 0.452. The minimum absolute atomic E-state index is 0.441. The predicted octanol–water partition coefficient (Wildman–Crippen LogP) is 3.61. The van der Waals surface area contributed by atoms with Gasteiger partial charge in [0.15, 0.2) is 5.82 Å². The van der Waals surface area contributed by atoms with Gasteiger partial charge in [-0.15, -0.1) is 11.8 Å². The summed E-state index contributed by atoms with van der Waals surface area (Å²) in [6, 6.07) is 11.9. The van der Waals surface area contributed by atoms with Crippen LogP contribution < -0.4 is 0 Å². The standard InChI is InChI=1S/C15H13N5S2/c1-22-13-6-4-11(5-7-13)9-17-20-14(18-19-15(20)21)12-3-2-8-16-10-12/h2-10H,1H3,(H,19,21)/b17-9-. The van der Waals surface area contributed by atoms with Gasteiger partial charge in [-0.05, 0) is 48.3 Å². The molecule has 0 saturated carbocycles. The van der Waals surface area contributed by atoms with E-state index in [1.165, 1.54) is 4.90 Å². The first-order valence-corrected chi connectivity index (χ1v) is 8.17. The van der Waals surface area contributed by atoms with Gasteiger partial charge in [-0.1, -0.05) is 12.1 Å². The van der Waals surface area contributed by atoms with Crippen LogP contribution in [-0.2, 0) is 0 Å². The van der Waals surface area contributed by atoms with Gasteiger partial charge in [-0.3, -0.25) is 4.98 Å². The number of nitrogens with one attached hydrogen (secondary N) is 1. The highest BCUT2D eigenvalue weighted by Gasteiger charge is 2.07. The smallest absolute Gasteiger partial charge is 0.216 e. The lowest BCUT2D eigenvalue weighted by Crippen LogP contribution is -1.95. The summed E-state index contributed by atoms with van der Waals surface area (Å²) in [5.41, 5.74) is 1.85. The number of aromatic nitrogens is 4. The van der Waals surface area contributed by atoms with Crippen LogP contribution in [0.15, 0.2) is 58.8 Å². The molecule has 0 aliphatic heterocycles. The zero-order valence-corrected chi connectivity index (χ0v) is 13.4. The van der Waals surface area contributed by atoms with Crippen molar-refractivity contribution in [1.29, 1.82) is 0 Å². The number of thioether (sulfide) groups is 1. The first kappa shape index (κ1) is 14.7. The van der Waals surface area contributed by atoms with E-state index in [0.717, 1.165) is 11.1 Å². The number of benzene rings is 1.